The van der Waals surface area contributed by atoms with Gasteiger partial charge < -0.3 is 14.9 Å². The summed E-state index contributed by atoms with van der Waals surface area (Å²) in [6.07, 6.45) is 8.60. The van der Waals surface area contributed by atoms with E-state index in [-0.39, 0.29) is 22.5 Å². The summed E-state index contributed by atoms with van der Waals surface area (Å²) in [6, 6.07) is 5.83. The van der Waals surface area contributed by atoms with Gasteiger partial charge in [0.25, 0.3) is 0 Å². The summed E-state index contributed by atoms with van der Waals surface area (Å²) in [4.78, 5) is 12.7. The molecule has 0 amide bonds. The zero-order valence-electron chi connectivity index (χ0n) is 20.0. The molecule has 4 aliphatic carbocycles. The number of hydrogen-bond donors (Lipinski definition) is 2. The summed E-state index contributed by atoms with van der Waals surface area (Å²) in [5.41, 5.74) is 0.0174. The fourth-order valence-corrected chi connectivity index (χ4v) is 8.31. The Labute approximate surface area is 196 Å². The van der Waals surface area contributed by atoms with Crippen LogP contribution in [0.4, 0.5) is 4.39 Å². The molecule has 2 N–H and O–H groups in total. The smallest absolute Gasteiger partial charge is 0.341 e. The van der Waals surface area contributed by atoms with Crippen LogP contribution in [-0.2, 0) is 4.74 Å². The van der Waals surface area contributed by atoms with Crippen LogP contribution in [-0.4, -0.2) is 34.0 Å². The van der Waals surface area contributed by atoms with E-state index in [2.05, 4.69) is 19.9 Å². The monoisotopic (exact) mass is 456 g/mol. The van der Waals surface area contributed by atoms with Crippen LogP contribution in [0.3, 0.4) is 0 Å². The molecule has 0 aromatic heterocycles. The van der Waals surface area contributed by atoms with Crippen LogP contribution < -0.4 is 0 Å². The van der Waals surface area contributed by atoms with Gasteiger partial charge in [0.15, 0.2) is 0 Å². The summed E-state index contributed by atoms with van der Waals surface area (Å²) in [7, 11) is 0. The highest BCUT2D eigenvalue weighted by Crippen LogP contribution is 2.67. The Kier molecular flexibility index (Phi) is 5.52. The lowest BCUT2D eigenvalue weighted by molar-refractivity contribution is -0.171. The van der Waals surface area contributed by atoms with Gasteiger partial charge in [-0.2, -0.15) is 0 Å². The second-order valence-electron chi connectivity index (χ2n) is 11.6. The van der Waals surface area contributed by atoms with Crippen molar-refractivity contribution in [1.29, 1.82) is 0 Å². The van der Waals surface area contributed by atoms with Crippen molar-refractivity contribution >= 4 is 5.97 Å². The van der Waals surface area contributed by atoms with Gasteiger partial charge in [-0.15, -0.1) is 0 Å². The molecular formula is C28H37FO4. The van der Waals surface area contributed by atoms with E-state index in [0.717, 1.165) is 44.9 Å². The molecule has 5 rings (SSSR count). The molecule has 33 heavy (non-hydrogen) atoms. The first-order valence-electron chi connectivity index (χ1n) is 12.7. The third-order valence-electron chi connectivity index (χ3n) is 10.3. The molecule has 3 fully saturated rings. The number of carbonyl (C=O) groups is 1. The highest BCUT2D eigenvalue weighted by atomic mass is 19.1. The Bertz CT molecular complexity index is 974. The minimum Gasteiger partial charge on any atom is -0.456 e. The van der Waals surface area contributed by atoms with Crippen molar-refractivity contribution in [3.05, 3.63) is 47.3 Å². The van der Waals surface area contributed by atoms with Crippen LogP contribution in [0.5, 0.6) is 0 Å². The lowest BCUT2D eigenvalue weighted by Gasteiger charge is -2.59. The molecule has 4 aliphatic rings. The number of allylic oxidation sites excluding steroid dienone is 1. The van der Waals surface area contributed by atoms with Gasteiger partial charge in [0.2, 0.25) is 0 Å². The number of esters is 1. The van der Waals surface area contributed by atoms with Crippen molar-refractivity contribution in [3.8, 4) is 0 Å². The van der Waals surface area contributed by atoms with Crippen LogP contribution in [0.25, 0.3) is 0 Å². The van der Waals surface area contributed by atoms with Gasteiger partial charge in [-0.3, -0.25) is 0 Å². The molecule has 0 bridgehead atoms. The number of aliphatic hydroxyl groups is 2. The number of halogens is 1. The largest absolute Gasteiger partial charge is 0.456 e. The lowest BCUT2D eigenvalue weighted by Crippen LogP contribution is -2.58. The molecule has 1 aromatic carbocycles. The number of fused-ring (bicyclic) bond motifs is 5. The van der Waals surface area contributed by atoms with E-state index in [0.29, 0.717) is 24.2 Å². The first-order chi connectivity index (χ1) is 15.6. The number of rotatable bonds is 3. The predicted molar refractivity (Wildman–Crippen MR) is 124 cm³/mol. The van der Waals surface area contributed by atoms with Gasteiger partial charge in [0, 0.05) is 5.41 Å². The Balaban J connectivity index is 1.38. The second-order valence-corrected chi connectivity index (χ2v) is 11.6. The van der Waals surface area contributed by atoms with E-state index < -0.39 is 23.5 Å². The maximum Gasteiger partial charge on any atom is 0.341 e. The minimum atomic E-state index is -1.13. The topological polar surface area (TPSA) is 66.8 Å². The Morgan fingerprint density at radius 1 is 1.12 bits per heavy atom. The van der Waals surface area contributed by atoms with Crippen molar-refractivity contribution in [2.45, 2.75) is 89.9 Å². The van der Waals surface area contributed by atoms with Gasteiger partial charge in [-0.05, 0) is 93.6 Å². The van der Waals surface area contributed by atoms with Crippen LogP contribution >= 0.6 is 0 Å². The first kappa shape index (κ1) is 23.0. The SMILES string of the molecule is C[C@@H](OC(=O)c1ccccc1F)[C@@]1(O)CC[C@H]2[C@@H]3CC=C4C[C@@H](O)CC[C@]4(C)[C@H]3CC[C@@]21C. The Morgan fingerprint density at radius 2 is 1.85 bits per heavy atom. The fraction of sp³-hybridized carbons (Fsp3) is 0.679. The Morgan fingerprint density at radius 3 is 2.61 bits per heavy atom. The Hall–Kier alpha value is -1.72. The predicted octanol–water partition coefficient (Wildman–Crippen LogP) is 5.43. The molecule has 5 heteroatoms. The highest BCUT2D eigenvalue weighted by molar-refractivity contribution is 5.89. The van der Waals surface area contributed by atoms with Gasteiger partial charge in [0.1, 0.15) is 17.5 Å². The number of carbonyl (C=O) groups excluding carboxylic acids is 1. The molecule has 180 valence electrons. The maximum atomic E-state index is 14.1. The highest BCUT2D eigenvalue weighted by Gasteiger charge is 2.65. The second kappa shape index (κ2) is 7.91. The molecule has 0 aliphatic heterocycles. The molecule has 0 heterocycles. The van der Waals surface area contributed by atoms with Crippen molar-refractivity contribution in [1.82, 2.24) is 0 Å². The average molecular weight is 457 g/mol. The van der Waals surface area contributed by atoms with Gasteiger partial charge >= 0.3 is 5.97 Å². The summed E-state index contributed by atoms with van der Waals surface area (Å²) in [5.74, 6) is 0.108. The van der Waals surface area contributed by atoms with Gasteiger partial charge in [-0.1, -0.05) is 37.6 Å². The molecule has 3 saturated carbocycles. The lowest BCUT2D eigenvalue weighted by atomic mass is 9.46. The quantitative estimate of drug-likeness (QED) is 0.470. The van der Waals surface area contributed by atoms with Crippen molar-refractivity contribution in [2.24, 2.45) is 28.6 Å². The number of hydrogen-bond acceptors (Lipinski definition) is 4. The van der Waals surface area contributed by atoms with E-state index in [1.807, 2.05) is 0 Å². The summed E-state index contributed by atoms with van der Waals surface area (Å²) in [6.45, 7) is 6.34. The van der Waals surface area contributed by atoms with Gasteiger partial charge in [0.05, 0.1) is 11.7 Å². The molecule has 8 atom stereocenters. The fourth-order valence-electron chi connectivity index (χ4n) is 8.31. The van der Waals surface area contributed by atoms with E-state index >= 15 is 0 Å². The number of aliphatic hydroxyl groups excluding tert-OH is 1. The molecular weight excluding hydrogens is 419 g/mol. The molecule has 4 nitrogen and oxygen atoms in total. The van der Waals surface area contributed by atoms with Crippen LogP contribution in [0.2, 0.25) is 0 Å². The molecule has 0 unspecified atom stereocenters. The average Bonchev–Trinajstić information content (AvgIpc) is 3.06. The standard InChI is InChI=1S/C28H37FO4/c1-17(33-25(31)21-6-4-5-7-24(21)29)28(32)15-12-23-20-9-8-18-16-19(30)10-13-26(18,2)22(20)11-14-27(23,28)3/h4-8,17,19-20,22-23,30,32H,9-16H2,1-3H3/t17-,19+,20-,22+,23+,26+,27+,28+/m1/s1. The van der Waals surface area contributed by atoms with Crippen LogP contribution in [0.15, 0.2) is 35.9 Å². The van der Waals surface area contributed by atoms with Crippen LogP contribution in [0, 0.1) is 34.4 Å². The van der Waals surface area contributed by atoms with E-state index in [4.69, 9.17) is 4.74 Å². The minimum absolute atomic E-state index is 0.0892. The van der Waals surface area contributed by atoms with E-state index in [1.54, 1.807) is 19.1 Å². The third-order valence-corrected chi connectivity index (χ3v) is 10.3. The zero-order chi connectivity index (χ0) is 23.6. The zero-order valence-corrected chi connectivity index (χ0v) is 20.0. The van der Waals surface area contributed by atoms with Gasteiger partial charge in [-0.25, -0.2) is 9.18 Å². The normalized spacial score (nSPS) is 43.0. The van der Waals surface area contributed by atoms with Crippen LogP contribution in [0.1, 0.15) is 82.5 Å². The van der Waals surface area contributed by atoms with E-state index in [1.165, 1.54) is 17.7 Å². The van der Waals surface area contributed by atoms with Crippen molar-refractivity contribution in [2.75, 3.05) is 0 Å². The molecule has 0 spiro atoms. The third kappa shape index (κ3) is 3.33. The summed E-state index contributed by atoms with van der Waals surface area (Å²) in [5, 5.41) is 22.2. The van der Waals surface area contributed by atoms with Crippen molar-refractivity contribution in [3.63, 3.8) is 0 Å². The van der Waals surface area contributed by atoms with E-state index in [9.17, 15) is 19.4 Å². The first-order valence-corrected chi connectivity index (χ1v) is 12.7. The number of benzene rings is 1. The summed E-state index contributed by atoms with van der Waals surface area (Å²) < 4.78 is 19.8. The number of ether oxygens (including phenoxy) is 1. The molecule has 0 saturated heterocycles. The maximum absolute atomic E-state index is 14.1. The molecule has 1 aromatic rings. The molecule has 0 radical (unpaired) electrons. The van der Waals surface area contributed by atoms with Crippen molar-refractivity contribution < 1.29 is 24.1 Å². The summed E-state index contributed by atoms with van der Waals surface area (Å²) >= 11 is 0.